The van der Waals surface area contributed by atoms with Gasteiger partial charge < -0.3 is 25.7 Å². The molecule has 0 unspecified atom stereocenters. The van der Waals surface area contributed by atoms with Gasteiger partial charge in [0.1, 0.15) is 0 Å². The van der Waals surface area contributed by atoms with Crippen LogP contribution in [0.25, 0.3) is 0 Å². The summed E-state index contributed by atoms with van der Waals surface area (Å²) in [4.78, 5) is 13.6. The van der Waals surface area contributed by atoms with Crippen LogP contribution in [0.2, 0.25) is 0 Å². The molecule has 1 aliphatic heterocycles. The Balaban J connectivity index is 2.22. The summed E-state index contributed by atoms with van der Waals surface area (Å²) in [6.45, 7) is 0.415. The minimum Gasteiger partial charge on any atom is -0.465 e. The Morgan fingerprint density at radius 2 is 2.27 bits per heavy atom. The van der Waals surface area contributed by atoms with E-state index in [4.69, 9.17) is 16.1 Å². The molecule has 1 saturated heterocycles. The van der Waals surface area contributed by atoms with Crippen molar-refractivity contribution >= 4 is 17.5 Å². The number of anilines is 2. The lowest BCUT2D eigenvalue weighted by Gasteiger charge is -2.40. The summed E-state index contributed by atoms with van der Waals surface area (Å²) in [6, 6.07) is 3.98. The Kier molecular flexibility index (Phi) is 4.37. The fourth-order valence-corrected chi connectivity index (χ4v) is 2.66. The number of carbonyl (C=O) groups is 1. The number of piperidine rings is 1. The van der Waals surface area contributed by atoms with E-state index in [1.807, 2.05) is 6.07 Å². The maximum absolute atomic E-state index is 14.2. The predicted octanol–water partition coefficient (Wildman–Crippen LogP) is 0.829. The molecule has 1 aromatic carbocycles. The van der Waals surface area contributed by atoms with E-state index >= 15 is 0 Å². The lowest BCUT2D eigenvalue weighted by atomic mass is 9.99. The van der Waals surface area contributed by atoms with Crippen LogP contribution in [0.5, 0.6) is 0 Å². The summed E-state index contributed by atoms with van der Waals surface area (Å²) < 4.78 is 14.2. The molecule has 4 N–H and O–H groups in total. The first-order valence-electron chi connectivity index (χ1n) is 6.73. The minimum atomic E-state index is -1.13. The molecule has 0 aliphatic carbocycles. The number of hydrogen-bond donors (Lipinski definition) is 3. The fraction of sp³-hybridized carbons (Fsp3) is 0.429. The molecule has 8 heteroatoms. The molecule has 0 bridgehead atoms. The van der Waals surface area contributed by atoms with E-state index < -0.39 is 24.1 Å². The molecule has 1 aliphatic rings. The SMILES string of the molecule is CN(C(=O)O)[C@@H]1CCN(c2cc(C#N)cc(N)c2F)C[C@H]1O. The number of nitrogen functional groups attached to an aromatic ring is 1. The predicted molar refractivity (Wildman–Crippen MR) is 77.9 cm³/mol. The molecule has 1 amide bonds. The Morgan fingerprint density at radius 3 is 2.82 bits per heavy atom. The third kappa shape index (κ3) is 2.89. The molecule has 1 heterocycles. The van der Waals surface area contributed by atoms with Gasteiger partial charge in [0.2, 0.25) is 0 Å². The molecule has 0 spiro atoms. The van der Waals surface area contributed by atoms with Crippen LogP contribution in [-0.2, 0) is 0 Å². The topological polar surface area (TPSA) is 114 Å². The minimum absolute atomic E-state index is 0.0630. The van der Waals surface area contributed by atoms with Crippen molar-refractivity contribution in [2.75, 3.05) is 30.8 Å². The molecule has 22 heavy (non-hydrogen) atoms. The average molecular weight is 308 g/mol. The first-order valence-corrected chi connectivity index (χ1v) is 6.73. The maximum Gasteiger partial charge on any atom is 0.407 e. The number of aliphatic hydroxyl groups excluding tert-OH is 1. The quantitative estimate of drug-likeness (QED) is 0.697. The van der Waals surface area contributed by atoms with Crippen molar-refractivity contribution in [2.24, 2.45) is 0 Å². The molecule has 2 rings (SSSR count). The summed E-state index contributed by atoms with van der Waals surface area (Å²) in [5.41, 5.74) is 5.80. The van der Waals surface area contributed by atoms with E-state index in [0.29, 0.717) is 13.0 Å². The van der Waals surface area contributed by atoms with Crippen LogP contribution in [0.3, 0.4) is 0 Å². The number of rotatable bonds is 2. The van der Waals surface area contributed by atoms with E-state index in [9.17, 15) is 14.3 Å². The van der Waals surface area contributed by atoms with E-state index in [-0.39, 0.29) is 23.5 Å². The second-order valence-electron chi connectivity index (χ2n) is 5.27. The van der Waals surface area contributed by atoms with Gasteiger partial charge in [-0.1, -0.05) is 0 Å². The first-order chi connectivity index (χ1) is 10.3. The molecule has 7 nitrogen and oxygen atoms in total. The Hall–Kier alpha value is -2.53. The molecule has 0 aromatic heterocycles. The van der Waals surface area contributed by atoms with Crippen molar-refractivity contribution in [3.05, 3.63) is 23.5 Å². The summed E-state index contributed by atoms with van der Waals surface area (Å²) in [5.74, 6) is -0.642. The monoisotopic (exact) mass is 308 g/mol. The second-order valence-corrected chi connectivity index (χ2v) is 5.27. The average Bonchev–Trinajstić information content (AvgIpc) is 2.49. The van der Waals surface area contributed by atoms with Gasteiger partial charge in [-0.05, 0) is 18.6 Å². The van der Waals surface area contributed by atoms with E-state index in [0.717, 1.165) is 4.90 Å². The van der Waals surface area contributed by atoms with Gasteiger partial charge in [0.25, 0.3) is 0 Å². The number of nitrogens with zero attached hydrogens (tertiary/aromatic N) is 3. The Morgan fingerprint density at radius 1 is 1.59 bits per heavy atom. The van der Waals surface area contributed by atoms with Crippen LogP contribution in [-0.4, -0.2) is 53.5 Å². The number of nitriles is 1. The van der Waals surface area contributed by atoms with Crippen molar-refractivity contribution in [3.8, 4) is 6.07 Å². The Labute approximate surface area is 127 Å². The smallest absolute Gasteiger partial charge is 0.407 e. The molecular formula is C14H17FN4O3. The third-order valence-electron chi connectivity index (χ3n) is 3.90. The largest absolute Gasteiger partial charge is 0.465 e. The zero-order valence-corrected chi connectivity index (χ0v) is 12.0. The molecule has 2 atom stereocenters. The highest BCUT2D eigenvalue weighted by Gasteiger charge is 2.33. The number of amides is 1. The van der Waals surface area contributed by atoms with Crippen LogP contribution >= 0.6 is 0 Å². The highest BCUT2D eigenvalue weighted by Crippen LogP contribution is 2.29. The van der Waals surface area contributed by atoms with Gasteiger partial charge in [0, 0.05) is 20.1 Å². The summed E-state index contributed by atoms with van der Waals surface area (Å²) >= 11 is 0. The van der Waals surface area contributed by atoms with E-state index in [2.05, 4.69) is 0 Å². The molecule has 118 valence electrons. The first kappa shape index (κ1) is 15.9. The van der Waals surface area contributed by atoms with E-state index in [1.54, 1.807) is 4.90 Å². The lowest BCUT2D eigenvalue weighted by Crippen LogP contribution is -2.54. The van der Waals surface area contributed by atoms with Crippen molar-refractivity contribution in [1.82, 2.24) is 4.90 Å². The zero-order chi connectivity index (χ0) is 16.4. The number of likely N-dealkylation sites (N-methyl/N-ethyl adjacent to an activating group) is 1. The number of hydrogen-bond acceptors (Lipinski definition) is 5. The second kappa shape index (κ2) is 6.07. The van der Waals surface area contributed by atoms with Gasteiger partial charge >= 0.3 is 6.09 Å². The number of halogens is 1. The van der Waals surface area contributed by atoms with Crippen molar-refractivity contribution in [3.63, 3.8) is 0 Å². The van der Waals surface area contributed by atoms with Crippen molar-refractivity contribution < 1.29 is 19.4 Å². The van der Waals surface area contributed by atoms with Crippen LogP contribution < -0.4 is 10.6 Å². The number of carboxylic acid groups (broad SMARTS) is 1. The van der Waals surface area contributed by atoms with Crippen LogP contribution in [0, 0.1) is 17.1 Å². The summed E-state index contributed by atoms with van der Waals surface area (Å²) in [6.07, 6.45) is -1.74. The standard InChI is InChI=1S/C14H17FN4O3/c1-18(14(21)22)10-2-3-19(7-12(10)20)11-5-8(6-16)4-9(17)13(11)15/h4-5,10,12,20H,2-3,7,17H2,1H3,(H,21,22)/t10-,12-/m1/s1. The number of aliphatic hydroxyl groups is 1. The molecular weight excluding hydrogens is 291 g/mol. The fourth-order valence-electron chi connectivity index (χ4n) is 2.66. The van der Waals surface area contributed by atoms with Gasteiger partial charge in [0.05, 0.1) is 35.2 Å². The molecule has 1 aromatic rings. The van der Waals surface area contributed by atoms with Crippen LogP contribution in [0.4, 0.5) is 20.6 Å². The molecule has 0 radical (unpaired) electrons. The van der Waals surface area contributed by atoms with Gasteiger partial charge in [-0.3, -0.25) is 0 Å². The molecule has 1 fully saturated rings. The number of benzene rings is 1. The highest BCUT2D eigenvalue weighted by atomic mass is 19.1. The summed E-state index contributed by atoms with van der Waals surface area (Å²) in [5, 5.41) is 28.0. The summed E-state index contributed by atoms with van der Waals surface area (Å²) in [7, 11) is 1.39. The van der Waals surface area contributed by atoms with E-state index in [1.165, 1.54) is 19.2 Å². The van der Waals surface area contributed by atoms with Gasteiger partial charge in [-0.2, -0.15) is 5.26 Å². The highest BCUT2D eigenvalue weighted by molar-refractivity contribution is 5.65. The van der Waals surface area contributed by atoms with Gasteiger partial charge in [-0.15, -0.1) is 0 Å². The van der Waals surface area contributed by atoms with Gasteiger partial charge in [0.15, 0.2) is 5.82 Å². The van der Waals surface area contributed by atoms with Crippen molar-refractivity contribution in [2.45, 2.75) is 18.6 Å². The maximum atomic E-state index is 14.2. The lowest BCUT2D eigenvalue weighted by molar-refractivity contribution is 0.0496. The molecule has 0 saturated carbocycles. The van der Waals surface area contributed by atoms with Crippen LogP contribution in [0.15, 0.2) is 12.1 Å². The third-order valence-corrected chi connectivity index (χ3v) is 3.90. The number of nitrogens with two attached hydrogens (primary N) is 1. The van der Waals surface area contributed by atoms with Crippen molar-refractivity contribution in [1.29, 1.82) is 5.26 Å². The number of β-amino-alcohol motifs (C(OH)–C–C–N with tert-alkyl or cyclic N) is 1. The Bertz CT molecular complexity index is 631. The normalized spacial score (nSPS) is 21.3. The van der Waals surface area contributed by atoms with Gasteiger partial charge in [-0.25, -0.2) is 9.18 Å². The zero-order valence-electron chi connectivity index (χ0n) is 12.0. The van der Waals surface area contributed by atoms with Crippen LogP contribution in [0.1, 0.15) is 12.0 Å².